The van der Waals surface area contributed by atoms with Gasteiger partial charge in [0.25, 0.3) is 0 Å². The summed E-state index contributed by atoms with van der Waals surface area (Å²) in [6, 6.07) is 0.592. The van der Waals surface area contributed by atoms with Gasteiger partial charge in [0.05, 0.1) is 12.2 Å². The van der Waals surface area contributed by atoms with E-state index in [1.54, 1.807) is 0 Å². The van der Waals surface area contributed by atoms with Gasteiger partial charge in [0.2, 0.25) is 0 Å². The highest BCUT2D eigenvalue weighted by Gasteiger charge is 2.21. The molecule has 1 fully saturated rings. The molecule has 0 saturated carbocycles. The quantitative estimate of drug-likeness (QED) is 0.702. The SMILES string of the molecule is CCCC1CC(NCCC(O)CC)CCO1. The lowest BCUT2D eigenvalue weighted by molar-refractivity contribution is -0.00357. The summed E-state index contributed by atoms with van der Waals surface area (Å²) in [4.78, 5) is 0. The van der Waals surface area contributed by atoms with Crippen molar-refractivity contribution >= 4 is 0 Å². The molecule has 1 aliphatic rings. The molecule has 0 spiro atoms. The van der Waals surface area contributed by atoms with Crippen molar-refractivity contribution in [3.63, 3.8) is 0 Å². The van der Waals surface area contributed by atoms with E-state index >= 15 is 0 Å². The Morgan fingerprint density at radius 3 is 2.94 bits per heavy atom. The smallest absolute Gasteiger partial charge is 0.0589 e. The molecule has 0 aromatic carbocycles. The number of rotatable bonds is 7. The second-order valence-electron chi connectivity index (χ2n) is 4.81. The van der Waals surface area contributed by atoms with E-state index in [4.69, 9.17) is 4.74 Å². The van der Waals surface area contributed by atoms with Crippen LogP contribution in [0.3, 0.4) is 0 Å². The molecular formula is C13H27NO2. The molecule has 0 aliphatic carbocycles. The van der Waals surface area contributed by atoms with Gasteiger partial charge in [-0.05, 0) is 38.6 Å². The summed E-state index contributed by atoms with van der Waals surface area (Å²) in [5.74, 6) is 0. The van der Waals surface area contributed by atoms with Gasteiger partial charge >= 0.3 is 0 Å². The summed E-state index contributed by atoms with van der Waals surface area (Å²) in [6.45, 7) is 6.05. The molecule has 0 amide bonds. The first-order chi connectivity index (χ1) is 7.76. The number of aliphatic hydroxyl groups excluding tert-OH is 1. The number of ether oxygens (including phenoxy) is 1. The third kappa shape index (κ3) is 5.28. The normalized spacial score (nSPS) is 27.9. The zero-order valence-electron chi connectivity index (χ0n) is 10.7. The van der Waals surface area contributed by atoms with Gasteiger partial charge in [-0.2, -0.15) is 0 Å². The van der Waals surface area contributed by atoms with E-state index in [1.165, 1.54) is 12.8 Å². The molecule has 1 rings (SSSR count). The lowest BCUT2D eigenvalue weighted by Crippen LogP contribution is -2.40. The van der Waals surface area contributed by atoms with Gasteiger partial charge in [-0.15, -0.1) is 0 Å². The molecule has 0 radical (unpaired) electrons. The minimum absolute atomic E-state index is 0.140. The molecular weight excluding hydrogens is 202 g/mol. The predicted molar refractivity (Wildman–Crippen MR) is 66.6 cm³/mol. The molecule has 1 saturated heterocycles. The van der Waals surface area contributed by atoms with Gasteiger partial charge in [-0.25, -0.2) is 0 Å². The molecule has 3 heteroatoms. The van der Waals surface area contributed by atoms with Crippen LogP contribution in [0.1, 0.15) is 52.4 Å². The first-order valence-corrected chi connectivity index (χ1v) is 6.79. The second kappa shape index (κ2) is 8.04. The van der Waals surface area contributed by atoms with Gasteiger partial charge in [0, 0.05) is 12.6 Å². The Morgan fingerprint density at radius 2 is 2.25 bits per heavy atom. The molecule has 0 aromatic rings. The minimum atomic E-state index is -0.140. The standard InChI is InChI=1S/C13H27NO2/c1-3-5-13-10-11(7-9-16-13)14-8-6-12(15)4-2/h11-15H,3-10H2,1-2H3. The van der Waals surface area contributed by atoms with Crippen molar-refractivity contribution in [1.82, 2.24) is 5.32 Å². The van der Waals surface area contributed by atoms with E-state index in [0.717, 1.165) is 38.8 Å². The first kappa shape index (κ1) is 13.9. The van der Waals surface area contributed by atoms with Crippen LogP contribution in [0.15, 0.2) is 0 Å². The lowest BCUT2D eigenvalue weighted by Gasteiger charge is -2.30. The van der Waals surface area contributed by atoms with Crippen molar-refractivity contribution in [3.05, 3.63) is 0 Å². The van der Waals surface area contributed by atoms with Crippen LogP contribution in [-0.4, -0.2) is 36.5 Å². The Hall–Kier alpha value is -0.120. The summed E-state index contributed by atoms with van der Waals surface area (Å²) in [5.41, 5.74) is 0. The number of aliphatic hydroxyl groups is 1. The largest absolute Gasteiger partial charge is 0.393 e. The van der Waals surface area contributed by atoms with Crippen LogP contribution < -0.4 is 5.32 Å². The zero-order chi connectivity index (χ0) is 11.8. The molecule has 3 nitrogen and oxygen atoms in total. The lowest BCUT2D eigenvalue weighted by atomic mass is 10.00. The maximum atomic E-state index is 9.46. The molecule has 2 N–H and O–H groups in total. The van der Waals surface area contributed by atoms with Crippen LogP contribution in [0.5, 0.6) is 0 Å². The van der Waals surface area contributed by atoms with E-state index in [0.29, 0.717) is 12.1 Å². The van der Waals surface area contributed by atoms with E-state index in [1.807, 2.05) is 6.92 Å². The maximum Gasteiger partial charge on any atom is 0.0589 e. The summed E-state index contributed by atoms with van der Waals surface area (Å²) in [5, 5.41) is 13.0. The number of hydrogen-bond donors (Lipinski definition) is 2. The van der Waals surface area contributed by atoms with Crippen molar-refractivity contribution in [3.8, 4) is 0 Å². The Balaban J connectivity index is 2.11. The van der Waals surface area contributed by atoms with Crippen molar-refractivity contribution in [1.29, 1.82) is 0 Å². The number of nitrogens with one attached hydrogen (secondary N) is 1. The molecule has 96 valence electrons. The number of hydrogen-bond acceptors (Lipinski definition) is 3. The third-order valence-corrected chi connectivity index (χ3v) is 3.36. The van der Waals surface area contributed by atoms with Crippen LogP contribution in [0.2, 0.25) is 0 Å². The van der Waals surface area contributed by atoms with Gasteiger partial charge < -0.3 is 15.2 Å². The zero-order valence-corrected chi connectivity index (χ0v) is 10.7. The first-order valence-electron chi connectivity index (χ1n) is 6.79. The van der Waals surface area contributed by atoms with Crippen LogP contribution in [-0.2, 0) is 4.74 Å². The van der Waals surface area contributed by atoms with Gasteiger partial charge in [-0.1, -0.05) is 20.3 Å². The Kier molecular flexibility index (Phi) is 7.01. The highest BCUT2D eigenvalue weighted by atomic mass is 16.5. The monoisotopic (exact) mass is 229 g/mol. The maximum absolute atomic E-state index is 9.46. The van der Waals surface area contributed by atoms with Crippen LogP contribution in [0, 0.1) is 0 Å². The summed E-state index contributed by atoms with van der Waals surface area (Å²) < 4.78 is 5.71. The minimum Gasteiger partial charge on any atom is -0.393 e. The van der Waals surface area contributed by atoms with Crippen molar-refractivity contribution in [2.45, 2.75) is 70.6 Å². The van der Waals surface area contributed by atoms with Crippen LogP contribution in [0.4, 0.5) is 0 Å². The van der Waals surface area contributed by atoms with E-state index in [-0.39, 0.29) is 6.10 Å². The highest BCUT2D eigenvalue weighted by molar-refractivity contribution is 4.76. The topological polar surface area (TPSA) is 41.5 Å². The Bertz CT molecular complexity index is 173. The van der Waals surface area contributed by atoms with E-state index in [9.17, 15) is 5.11 Å². The average Bonchev–Trinajstić information content (AvgIpc) is 2.30. The molecule has 0 bridgehead atoms. The second-order valence-corrected chi connectivity index (χ2v) is 4.81. The Morgan fingerprint density at radius 1 is 1.44 bits per heavy atom. The summed E-state index contributed by atoms with van der Waals surface area (Å²) >= 11 is 0. The fourth-order valence-corrected chi connectivity index (χ4v) is 2.25. The third-order valence-electron chi connectivity index (χ3n) is 3.36. The average molecular weight is 229 g/mol. The van der Waals surface area contributed by atoms with Crippen LogP contribution >= 0.6 is 0 Å². The molecule has 16 heavy (non-hydrogen) atoms. The molecule has 1 aliphatic heterocycles. The highest BCUT2D eigenvalue weighted by Crippen LogP contribution is 2.17. The molecule has 3 unspecified atom stereocenters. The summed E-state index contributed by atoms with van der Waals surface area (Å²) in [7, 11) is 0. The molecule has 1 heterocycles. The van der Waals surface area contributed by atoms with Crippen molar-refractivity contribution < 1.29 is 9.84 Å². The molecule has 3 atom stereocenters. The Labute approximate surface area is 99.6 Å². The van der Waals surface area contributed by atoms with Gasteiger partial charge in [0.1, 0.15) is 0 Å². The van der Waals surface area contributed by atoms with Crippen molar-refractivity contribution in [2.24, 2.45) is 0 Å². The van der Waals surface area contributed by atoms with Gasteiger partial charge in [-0.3, -0.25) is 0 Å². The van der Waals surface area contributed by atoms with Crippen LogP contribution in [0.25, 0.3) is 0 Å². The van der Waals surface area contributed by atoms with E-state index in [2.05, 4.69) is 12.2 Å². The van der Waals surface area contributed by atoms with Crippen molar-refractivity contribution in [2.75, 3.05) is 13.2 Å². The van der Waals surface area contributed by atoms with Gasteiger partial charge in [0.15, 0.2) is 0 Å². The predicted octanol–water partition coefficient (Wildman–Crippen LogP) is 2.08. The molecule has 0 aromatic heterocycles. The fourth-order valence-electron chi connectivity index (χ4n) is 2.25. The fraction of sp³-hybridized carbons (Fsp3) is 1.00. The summed E-state index contributed by atoms with van der Waals surface area (Å²) in [6.07, 6.45) is 6.66. The van der Waals surface area contributed by atoms with E-state index < -0.39 is 0 Å².